The molecule has 2 fully saturated rings. The first-order chi connectivity index (χ1) is 12.1. The number of hydrogen-bond acceptors (Lipinski definition) is 5. The predicted molar refractivity (Wildman–Crippen MR) is 92.6 cm³/mol. The van der Waals surface area contributed by atoms with Gasteiger partial charge in [-0.1, -0.05) is 0 Å². The molecular weight excluding hydrogens is 320 g/mol. The molecule has 1 aliphatic carbocycles. The maximum absolute atomic E-state index is 12.5. The molecule has 8 heteroatoms. The van der Waals surface area contributed by atoms with Gasteiger partial charge < -0.3 is 19.8 Å². The number of aromatic amines is 2. The summed E-state index contributed by atoms with van der Waals surface area (Å²) in [7, 11) is 0. The fraction of sp³-hybridized carbons (Fsp3) is 0.529. The fourth-order valence-corrected chi connectivity index (χ4v) is 3.57. The molecule has 0 spiro atoms. The SMILES string of the molecule is Cc1cc(N(C2CC2)C2CCN(C(=O)c3c[nH]c(=O)[nH]3)CC2)ncn1. The molecule has 2 aromatic rings. The Hall–Kier alpha value is -2.64. The Labute approximate surface area is 145 Å². The number of imidazole rings is 1. The summed E-state index contributed by atoms with van der Waals surface area (Å²) in [6, 6.07) is 2.99. The Balaban J connectivity index is 1.45. The van der Waals surface area contributed by atoms with Crippen LogP contribution in [0.3, 0.4) is 0 Å². The first-order valence-corrected chi connectivity index (χ1v) is 8.76. The maximum atomic E-state index is 12.5. The van der Waals surface area contributed by atoms with Gasteiger partial charge in [0, 0.05) is 43.1 Å². The second-order valence-electron chi connectivity index (χ2n) is 6.84. The summed E-state index contributed by atoms with van der Waals surface area (Å²) in [4.78, 5) is 41.6. The van der Waals surface area contributed by atoms with Gasteiger partial charge in [0.15, 0.2) is 0 Å². The molecule has 8 nitrogen and oxygen atoms in total. The minimum absolute atomic E-state index is 0.118. The lowest BCUT2D eigenvalue weighted by Gasteiger charge is -2.39. The van der Waals surface area contributed by atoms with Crippen LogP contribution >= 0.6 is 0 Å². The van der Waals surface area contributed by atoms with Crippen molar-refractivity contribution in [3.05, 3.63) is 40.5 Å². The molecule has 0 bridgehead atoms. The fourth-order valence-electron chi connectivity index (χ4n) is 3.57. The van der Waals surface area contributed by atoms with Crippen LogP contribution in [0.4, 0.5) is 5.82 Å². The average molecular weight is 342 g/mol. The summed E-state index contributed by atoms with van der Waals surface area (Å²) in [6.45, 7) is 3.35. The van der Waals surface area contributed by atoms with Crippen molar-refractivity contribution in [1.29, 1.82) is 0 Å². The van der Waals surface area contributed by atoms with E-state index in [9.17, 15) is 9.59 Å². The molecule has 2 aromatic heterocycles. The van der Waals surface area contributed by atoms with Gasteiger partial charge in [0.2, 0.25) is 0 Å². The van der Waals surface area contributed by atoms with Crippen molar-refractivity contribution in [1.82, 2.24) is 24.8 Å². The van der Waals surface area contributed by atoms with E-state index in [4.69, 9.17) is 0 Å². The van der Waals surface area contributed by atoms with Gasteiger partial charge >= 0.3 is 5.69 Å². The van der Waals surface area contributed by atoms with E-state index in [2.05, 4.69) is 24.8 Å². The highest BCUT2D eigenvalue weighted by Gasteiger charge is 2.37. The number of anilines is 1. The van der Waals surface area contributed by atoms with Crippen molar-refractivity contribution in [3.63, 3.8) is 0 Å². The van der Waals surface area contributed by atoms with Crippen molar-refractivity contribution in [2.24, 2.45) is 0 Å². The van der Waals surface area contributed by atoms with Crippen molar-refractivity contribution in [2.75, 3.05) is 18.0 Å². The predicted octanol–water partition coefficient (Wildman–Crippen LogP) is 1.08. The number of nitrogens with zero attached hydrogens (tertiary/aromatic N) is 4. The van der Waals surface area contributed by atoms with Crippen LogP contribution in [-0.4, -0.2) is 55.9 Å². The second kappa shape index (κ2) is 6.34. The van der Waals surface area contributed by atoms with Crippen molar-refractivity contribution in [2.45, 2.75) is 44.7 Å². The third-order valence-corrected chi connectivity index (χ3v) is 4.97. The molecule has 3 heterocycles. The Kier molecular flexibility index (Phi) is 4.03. The molecule has 132 valence electrons. The summed E-state index contributed by atoms with van der Waals surface area (Å²) in [5.74, 6) is 0.877. The molecule has 4 rings (SSSR count). The van der Waals surface area contributed by atoms with E-state index in [0.29, 0.717) is 30.9 Å². The molecule has 2 N–H and O–H groups in total. The van der Waals surface area contributed by atoms with E-state index in [0.717, 1.165) is 24.4 Å². The summed E-state index contributed by atoms with van der Waals surface area (Å²) in [5.41, 5.74) is 0.950. The first kappa shape index (κ1) is 15.9. The van der Waals surface area contributed by atoms with E-state index in [1.165, 1.54) is 19.0 Å². The Morgan fingerprint density at radius 3 is 2.52 bits per heavy atom. The lowest BCUT2D eigenvalue weighted by Crippen LogP contribution is -2.48. The molecular formula is C17H22N6O2. The highest BCUT2D eigenvalue weighted by atomic mass is 16.2. The Morgan fingerprint density at radius 1 is 1.20 bits per heavy atom. The molecule has 0 radical (unpaired) electrons. The van der Waals surface area contributed by atoms with Crippen LogP contribution in [0.15, 0.2) is 23.4 Å². The zero-order valence-electron chi connectivity index (χ0n) is 14.2. The van der Waals surface area contributed by atoms with Crippen LogP contribution < -0.4 is 10.6 Å². The highest BCUT2D eigenvalue weighted by Crippen LogP contribution is 2.35. The van der Waals surface area contributed by atoms with Crippen LogP contribution in [0, 0.1) is 6.92 Å². The summed E-state index contributed by atoms with van der Waals surface area (Å²) in [5, 5.41) is 0. The molecule has 2 aliphatic rings. The standard InChI is InChI=1S/C17H22N6O2/c1-11-8-15(20-10-19-11)23(12-2-3-12)13-4-6-22(7-5-13)16(24)14-9-18-17(25)21-14/h8-10,12-13H,2-7H2,1H3,(H2,18,21,25). The molecule has 0 aromatic carbocycles. The summed E-state index contributed by atoms with van der Waals surface area (Å²) >= 11 is 0. The molecule has 1 aliphatic heterocycles. The number of nitrogens with one attached hydrogen (secondary N) is 2. The van der Waals surface area contributed by atoms with Crippen molar-refractivity contribution in [3.8, 4) is 0 Å². The highest BCUT2D eigenvalue weighted by molar-refractivity contribution is 5.92. The van der Waals surface area contributed by atoms with Crippen LogP contribution in [0.5, 0.6) is 0 Å². The first-order valence-electron chi connectivity index (χ1n) is 8.76. The smallest absolute Gasteiger partial charge is 0.323 e. The molecule has 0 unspecified atom stereocenters. The normalized spacial score (nSPS) is 18.4. The zero-order valence-corrected chi connectivity index (χ0v) is 14.2. The maximum Gasteiger partial charge on any atom is 0.323 e. The Bertz CT molecular complexity index is 816. The number of piperidine rings is 1. The quantitative estimate of drug-likeness (QED) is 0.866. The van der Waals surface area contributed by atoms with Crippen LogP contribution in [0.2, 0.25) is 0 Å². The lowest BCUT2D eigenvalue weighted by molar-refractivity contribution is 0.0706. The van der Waals surface area contributed by atoms with Crippen molar-refractivity contribution < 1.29 is 4.79 Å². The van der Waals surface area contributed by atoms with Gasteiger partial charge in [-0.05, 0) is 32.6 Å². The summed E-state index contributed by atoms with van der Waals surface area (Å²) < 4.78 is 0. The van der Waals surface area contributed by atoms with Crippen LogP contribution in [0.1, 0.15) is 41.9 Å². The van der Waals surface area contributed by atoms with Gasteiger partial charge in [0.05, 0.1) is 0 Å². The number of likely N-dealkylation sites (tertiary alicyclic amines) is 1. The van der Waals surface area contributed by atoms with E-state index in [1.54, 1.807) is 6.33 Å². The lowest BCUT2D eigenvalue weighted by atomic mass is 10.0. The molecule has 1 saturated heterocycles. The van der Waals surface area contributed by atoms with Gasteiger partial charge in [0.25, 0.3) is 5.91 Å². The minimum atomic E-state index is -0.350. The largest absolute Gasteiger partial charge is 0.350 e. The molecule has 25 heavy (non-hydrogen) atoms. The monoisotopic (exact) mass is 342 g/mol. The second-order valence-corrected chi connectivity index (χ2v) is 6.84. The number of aryl methyl sites for hydroxylation is 1. The number of H-pyrrole nitrogens is 2. The topological polar surface area (TPSA) is 98.0 Å². The third-order valence-electron chi connectivity index (χ3n) is 4.97. The van der Waals surface area contributed by atoms with Crippen LogP contribution in [0.25, 0.3) is 0 Å². The van der Waals surface area contributed by atoms with E-state index in [1.807, 2.05) is 17.9 Å². The molecule has 1 saturated carbocycles. The van der Waals surface area contributed by atoms with Gasteiger partial charge in [-0.2, -0.15) is 0 Å². The number of carbonyl (C=O) groups is 1. The molecule has 0 atom stereocenters. The van der Waals surface area contributed by atoms with Crippen molar-refractivity contribution >= 4 is 11.7 Å². The van der Waals surface area contributed by atoms with Gasteiger partial charge in [0.1, 0.15) is 17.8 Å². The third kappa shape index (κ3) is 3.29. The van der Waals surface area contributed by atoms with E-state index < -0.39 is 0 Å². The summed E-state index contributed by atoms with van der Waals surface area (Å²) in [6.07, 6.45) is 7.28. The zero-order chi connectivity index (χ0) is 17.4. The molecule has 1 amide bonds. The number of carbonyl (C=O) groups excluding carboxylic acids is 1. The van der Waals surface area contributed by atoms with Gasteiger partial charge in [-0.3, -0.25) is 4.79 Å². The van der Waals surface area contributed by atoms with E-state index in [-0.39, 0.29) is 11.6 Å². The average Bonchev–Trinajstić information content (AvgIpc) is 3.35. The van der Waals surface area contributed by atoms with Gasteiger partial charge in [-0.25, -0.2) is 14.8 Å². The number of aromatic nitrogens is 4. The van der Waals surface area contributed by atoms with Gasteiger partial charge in [-0.15, -0.1) is 0 Å². The van der Waals surface area contributed by atoms with Crippen LogP contribution in [-0.2, 0) is 0 Å². The van der Waals surface area contributed by atoms with E-state index >= 15 is 0 Å². The number of amides is 1. The minimum Gasteiger partial charge on any atom is -0.350 e. The number of hydrogen-bond donors (Lipinski definition) is 2. The Morgan fingerprint density at radius 2 is 1.92 bits per heavy atom. The number of rotatable bonds is 4.